The molecular weight excluding hydrogens is 414 g/mol. The molecule has 0 bridgehead atoms. The smallest absolute Gasteiger partial charge is 0.408 e. The average molecular weight is 434 g/mol. The molecule has 0 radical (unpaired) electrons. The minimum atomic E-state index is -1.40. The molecule has 10 heteroatoms. The van der Waals surface area contributed by atoms with Crippen LogP contribution in [0.1, 0.15) is 17.0 Å². The van der Waals surface area contributed by atoms with Crippen LogP contribution < -0.4 is 10.1 Å². The molecule has 2 aromatic carbocycles. The van der Waals surface area contributed by atoms with Gasteiger partial charge in [-0.05, 0) is 5.56 Å². The fourth-order valence-corrected chi connectivity index (χ4v) is 3.45. The van der Waals surface area contributed by atoms with E-state index in [1.165, 1.54) is 7.11 Å². The van der Waals surface area contributed by atoms with E-state index in [0.29, 0.717) is 5.56 Å². The van der Waals surface area contributed by atoms with Crippen molar-refractivity contribution in [1.82, 2.24) is 10.2 Å². The Labute approximate surface area is 176 Å². The second-order valence-electron chi connectivity index (χ2n) is 6.91. The summed E-state index contributed by atoms with van der Waals surface area (Å²) in [5.41, 5.74) is 0.252. The van der Waals surface area contributed by atoms with Crippen molar-refractivity contribution in [1.29, 1.82) is 0 Å². The first kappa shape index (κ1) is 22.0. The highest BCUT2D eigenvalue weighted by atomic mass is 19.1. The molecule has 0 saturated carbocycles. The monoisotopic (exact) mass is 434 g/mol. The third kappa shape index (κ3) is 5.08. The molecule has 1 aliphatic rings. The van der Waals surface area contributed by atoms with Crippen molar-refractivity contribution >= 4 is 18.0 Å². The van der Waals surface area contributed by atoms with Crippen LogP contribution in [0.2, 0.25) is 0 Å². The van der Waals surface area contributed by atoms with Crippen LogP contribution in [-0.2, 0) is 20.9 Å². The lowest BCUT2D eigenvalue weighted by atomic mass is 9.93. The zero-order chi connectivity index (χ0) is 22.5. The number of benzene rings is 2. The first-order chi connectivity index (χ1) is 14.8. The van der Waals surface area contributed by atoms with Gasteiger partial charge in [0.15, 0.2) is 0 Å². The number of rotatable bonds is 7. The fourth-order valence-electron chi connectivity index (χ4n) is 3.45. The van der Waals surface area contributed by atoms with Crippen LogP contribution in [0.3, 0.4) is 0 Å². The second kappa shape index (κ2) is 9.41. The summed E-state index contributed by atoms with van der Waals surface area (Å²) in [5.74, 6) is -5.25. The van der Waals surface area contributed by atoms with E-state index in [1.807, 2.05) is 0 Å². The Kier molecular flexibility index (Phi) is 6.68. The van der Waals surface area contributed by atoms with Gasteiger partial charge < -0.3 is 24.8 Å². The van der Waals surface area contributed by atoms with Gasteiger partial charge in [-0.3, -0.25) is 9.59 Å². The third-order valence-electron chi connectivity index (χ3n) is 4.87. The maximum absolute atomic E-state index is 14.6. The van der Waals surface area contributed by atoms with Crippen molar-refractivity contribution in [3.63, 3.8) is 0 Å². The number of aliphatic carboxylic acids is 1. The van der Waals surface area contributed by atoms with Gasteiger partial charge in [-0.1, -0.05) is 30.3 Å². The summed E-state index contributed by atoms with van der Waals surface area (Å²) in [6.45, 7) is -1.05. The topological polar surface area (TPSA) is 105 Å². The lowest BCUT2D eigenvalue weighted by Crippen LogP contribution is -2.44. The molecule has 164 valence electrons. The fraction of sp³-hybridized carbons (Fsp3) is 0.286. The summed E-state index contributed by atoms with van der Waals surface area (Å²) in [4.78, 5) is 37.0. The number of carbonyl (C=O) groups excluding carboxylic acids is 2. The number of hydrogen-bond donors (Lipinski definition) is 2. The molecule has 0 aromatic heterocycles. The van der Waals surface area contributed by atoms with Crippen molar-refractivity contribution in [3.8, 4) is 5.75 Å². The van der Waals surface area contributed by atoms with E-state index in [-0.39, 0.29) is 18.9 Å². The van der Waals surface area contributed by atoms with Crippen molar-refractivity contribution in [2.45, 2.75) is 18.6 Å². The largest absolute Gasteiger partial charge is 0.497 e. The lowest BCUT2D eigenvalue weighted by molar-refractivity contribution is -0.143. The number of carbonyl (C=O) groups is 3. The molecule has 3 rings (SSSR count). The van der Waals surface area contributed by atoms with Gasteiger partial charge in [0.1, 0.15) is 36.6 Å². The summed E-state index contributed by atoms with van der Waals surface area (Å²) < 4.78 is 39.2. The van der Waals surface area contributed by atoms with Crippen LogP contribution >= 0.6 is 0 Å². The van der Waals surface area contributed by atoms with Gasteiger partial charge in [-0.2, -0.15) is 0 Å². The number of nitrogens with zero attached hydrogens (tertiary/aromatic N) is 1. The quantitative estimate of drug-likeness (QED) is 0.693. The number of carboxylic acid groups (broad SMARTS) is 1. The van der Waals surface area contributed by atoms with Gasteiger partial charge >= 0.3 is 12.1 Å². The van der Waals surface area contributed by atoms with Crippen LogP contribution in [0, 0.1) is 11.6 Å². The molecule has 8 nitrogen and oxygen atoms in total. The van der Waals surface area contributed by atoms with E-state index in [0.717, 1.165) is 17.0 Å². The SMILES string of the molecule is COc1cc(F)c(C2CN(CC(=O)O)C(=O)C2NC(=O)OCc2ccccc2)c(F)c1. The molecule has 2 atom stereocenters. The molecule has 2 unspecified atom stereocenters. The van der Waals surface area contributed by atoms with E-state index in [1.54, 1.807) is 30.3 Å². The van der Waals surface area contributed by atoms with E-state index in [4.69, 9.17) is 14.6 Å². The molecule has 1 heterocycles. The zero-order valence-electron chi connectivity index (χ0n) is 16.5. The van der Waals surface area contributed by atoms with Gasteiger partial charge in [0.2, 0.25) is 5.91 Å². The van der Waals surface area contributed by atoms with Crippen LogP contribution in [0.15, 0.2) is 42.5 Å². The van der Waals surface area contributed by atoms with Crippen molar-refractivity contribution in [3.05, 3.63) is 65.2 Å². The molecular formula is C21H20F2N2O6. The van der Waals surface area contributed by atoms with Gasteiger partial charge in [0, 0.05) is 30.2 Å². The minimum absolute atomic E-state index is 0.0581. The second-order valence-corrected chi connectivity index (χ2v) is 6.91. The third-order valence-corrected chi connectivity index (χ3v) is 4.87. The number of halogens is 2. The first-order valence-electron chi connectivity index (χ1n) is 9.31. The molecule has 1 aliphatic heterocycles. The Hall–Kier alpha value is -3.69. The van der Waals surface area contributed by atoms with Gasteiger partial charge in [-0.15, -0.1) is 0 Å². The van der Waals surface area contributed by atoms with Gasteiger partial charge in [-0.25, -0.2) is 13.6 Å². The number of likely N-dealkylation sites (tertiary alicyclic amines) is 1. The summed E-state index contributed by atoms with van der Waals surface area (Å²) in [7, 11) is 1.24. The minimum Gasteiger partial charge on any atom is -0.497 e. The Bertz CT molecular complexity index is 962. The van der Waals surface area contributed by atoms with E-state index in [9.17, 15) is 23.2 Å². The molecule has 0 aliphatic carbocycles. The van der Waals surface area contributed by atoms with Crippen molar-refractivity contribution < 1.29 is 37.7 Å². The maximum atomic E-state index is 14.6. The summed E-state index contributed by atoms with van der Waals surface area (Å²) in [6.07, 6.45) is -0.973. The van der Waals surface area contributed by atoms with E-state index in [2.05, 4.69) is 5.32 Å². The van der Waals surface area contributed by atoms with Crippen molar-refractivity contribution in [2.75, 3.05) is 20.2 Å². The predicted octanol–water partition coefficient (Wildman–Crippen LogP) is 2.28. The summed E-state index contributed by atoms with van der Waals surface area (Å²) >= 11 is 0. The maximum Gasteiger partial charge on any atom is 0.408 e. The summed E-state index contributed by atoms with van der Waals surface area (Å²) in [5, 5.41) is 11.4. The lowest BCUT2D eigenvalue weighted by Gasteiger charge is -2.20. The molecule has 31 heavy (non-hydrogen) atoms. The van der Waals surface area contributed by atoms with Crippen LogP contribution in [-0.4, -0.2) is 54.2 Å². The molecule has 2 amide bonds. The van der Waals surface area contributed by atoms with E-state index >= 15 is 0 Å². The molecule has 0 spiro atoms. The Morgan fingerprint density at radius 2 is 1.84 bits per heavy atom. The molecule has 1 saturated heterocycles. The average Bonchev–Trinajstić information content (AvgIpc) is 3.01. The Morgan fingerprint density at radius 1 is 1.19 bits per heavy atom. The molecule has 1 fully saturated rings. The standard InChI is InChI=1S/C21H20F2N2O6/c1-30-13-7-15(22)18(16(23)8-13)14-9-25(10-17(26)27)20(28)19(14)24-21(29)31-11-12-5-3-2-4-6-12/h2-8,14,19H,9-11H2,1H3,(H,24,29)(H,26,27). The normalized spacial score (nSPS) is 18.0. The highest BCUT2D eigenvalue weighted by molar-refractivity contribution is 5.91. The zero-order valence-corrected chi connectivity index (χ0v) is 16.5. The highest BCUT2D eigenvalue weighted by Crippen LogP contribution is 2.34. The number of amides is 2. The number of nitrogens with one attached hydrogen (secondary N) is 1. The Morgan fingerprint density at radius 3 is 2.42 bits per heavy atom. The number of carboxylic acids is 1. The molecule has 2 N–H and O–H groups in total. The first-order valence-corrected chi connectivity index (χ1v) is 9.31. The van der Waals surface area contributed by atoms with Gasteiger partial charge in [0.05, 0.1) is 7.11 Å². The Balaban J connectivity index is 1.83. The van der Waals surface area contributed by atoms with Crippen molar-refractivity contribution in [2.24, 2.45) is 0 Å². The summed E-state index contributed by atoms with van der Waals surface area (Å²) in [6, 6.07) is 9.26. The number of alkyl carbamates (subject to hydrolysis) is 1. The highest BCUT2D eigenvalue weighted by Gasteiger charge is 2.45. The predicted molar refractivity (Wildman–Crippen MR) is 103 cm³/mol. The van der Waals surface area contributed by atoms with Crippen LogP contribution in [0.5, 0.6) is 5.75 Å². The number of ether oxygens (including phenoxy) is 2. The van der Waals surface area contributed by atoms with Gasteiger partial charge in [0.25, 0.3) is 0 Å². The van der Waals surface area contributed by atoms with E-state index < -0.39 is 53.7 Å². The molecule has 2 aromatic rings. The number of hydrogen-bond acceptors (Lipinski definition) is 5. The van der Waals surface area contributed by atoms with Crippen LogP contribution in [0.25, 0.3) is 0 Å². The number of methoxy groups -OCH3 is 1. The van der Waals surface area contributed by atoms with Crippen LogP contribution in [0.4, 0.5) is 13.6 Å².